The van der Waals surface area contributed by atoms with Gasteiger partial charge in [-0.1, -0.05) is 13.8 Å². The SMILES string of the molecule is CC(C)C(NCCCN(C)C)C1CC1. The molecule has 2 heteroatoms. The molecule has 0 spiro atoms. The highest BCUT2D eigenvalue weighted by molar-refractivity contribution is 4.88. The summed E-state index contributed by atoms with van der Waals surface area (Å²) in [6, 6.07) is 0.775. The number of hydrogen-bond donors (Lipinski definition) is 1. The van der Waals surface area contributed by atoms with Gasteiger partial charge >= 0.3 is 0 Å². The Bertz CT molecular complexity index is 148. The molecule has 84 valence electrons. The fraction of sp³-hybridized carbons (Fsp3) is 1.00. The molecule has 0 heterocycles. The lowest BCUT2D eigenvalue weighted by Crippen LogP contribution is -2.37. The van der Waals surface area contributed by atoms with Gasteiger partial charge in [-0.05, 0) is 58.3 Å². The highest BCUT2D eigenvalue weighted by Crippen LogP contribution is 2.35. The van der Waals surface area contributed by atoms with Crippen molar-refractivity contribution in [3.05, 3.63) is 0 Å². The molecular formula is C12H26N2. The van der Waals surface area contributed by atoms with Crippen molar-refractivity contribution in [1.29, 1.82) is 0 Å². The van der Waals surface area contributed by atoms with Crippen LogP contribution in [0.5, 0.6) is 0 Å². The van der Waals surface area contributed by atoms with Crippen molar-refractivity contribution >= 4 is 0 Å². The van der Waals surface area contributed by atoms with Gasteiger partial charge in [0, 0.05) is 6.04 Å². The maximum Gasteiger partial charge on any atom is 0.0118 e. The molecule has 1 aliphatic rings. The topological polar surface area (TPSA) is 15.3 Å². The minimum absolute atomic E-state index is 0.775. The van der Waals surface area contributed by atoms with E-state index < -0.39 is 0 Å². The molecule has 0 bridgehead atoms. The molecule has 1 atom stereocenters. The van der Waals surface area contributed by atoms with Gasteiger partial charge in [-0.15, -0.1) is 0 Å². The molecule has 1 fully saturated rings. The van der Waals surface area contributed by atoms with Gasteiger partial charge in [0.1, 0.15) is 0 Å². The lowest BCUT2D eigenvalue weighted by atomic mass is 9.99. The van der Waals surface area contributed by atoms with Crippen LogP contribution in [0, 0.1) is 11.8 Å². The Morgan fingerprint density at radius 1 is 1.29 bits per heavy atom. The predicted molar refractivity (Wildman–Crippen MR) is 62.5 cm³/mol. The van der Waals surface area contributed by atoms with E-state index in [2.05, 4.69) is 38.2 Å². The molecule has 0 radical (unpaired) electrons. The van der Waals surface area contributed by atoms with Crippen LogP contribution in [-0.2, 0) is 0 Å². The second-order valence-electron chi connectivity index (χ2n) is 5.22. The van der Waals surface area contributed by atoms with Crippen LogP contribution in [0.1, 0.15) is 33.1 Å². The molecule has 2 nitrogen and oxygen atoms in total. The van der Waals surface area contributed by atoms with Gasteiger partial charge in [0.05, 0.1) is 0 Å². The van der Waals surface area contributed by atoms with Crippen LogP contribution in [-0.4, -0.2) is 38.1 Å². The van der Waals surface area contributed by atoms with Crippen LogP contribution in [0.15, 0.2) is 0 Å². The van der Waals surface area contributed by atoms with Gasteiger partial charge in [0.25, 0.3) is 0 Å². The third kappa shape index (κ3) is 4.43. The van der Waals surface area contributed by atoms with Crippen molar-refractivity contribution in [1.82, 2.24) is 10.2 Å². The maximum absolute atomic E-state index is 3.71. The molecule has 0 amide bonds. The first-order chi connectivity index (χ1) is 6.61. The monoisotopic (exact) mass is 198 g/mol. The number of hydrogen-bond acceptors (Lipinski definition) is 2. The Hall–Kier alpha value is -0.0800. The molecule has 0 aliphatic heterocycles. The first-order valence-electron chi connectivity index (χ1n) is 5.99. The fourth-order valence-corrected chi connectivity index (χ4v) is 2.07. The minimum atomic E-state index is 0.775. The third-order valence-corrected chi connectivity index (χ3v) is 3.01. The Morgan fingerprint density at radius 3 is 2.36 bits per heavy atom. The summed E-state index contributed by atoms with van der Waals surface area (Å²) in [5, 5.41) is 3.71. The Kier molecular flexibility index (Phi) is 4.90. The van der Waals surface area contributed by atoms with E-state index in [0.29, 0.717) is 0 Å². The van der Waals surface area contributed by atoms with Gasteiger partial charge in [-0.25, -0.2) is 0 Å². The summed E-state index contributed by atoms with van der Waals surface area (Å²) in [6.07, 6.45) is 4.16. The van der Waals surface area contributed by atoms with Crippen molar-refractivity contribution in [3.8, 4) is 0 Å². The molecule has 0 aromatic carbocycles. The van der Waals surface area contributed by atoms with E-state index >= 15 is 0 Å². The standard InChI is InChI=1S/C12H26N2/c1-10(2)12(11-6-7-11)13-8-5-9-14(3)4/h10-13H,5-9H2,1-4H3. The average Bonchev–Trinajstić information content (AvgIpc) is 2.86. The highest BCUT2D eigenvalue weighted by atomic mass is 15.1. The van der Waals surface area contributed by atoms with Crippen molar-refractivity contribution in [2.45, 2.75) is 39.2 Å². The molecule has 1 aliphatic carbocycles. The Labute approximate surface area is 89.1 Å². The van der Waals surface area contributed by atoms with E-state index in [9.17, 15) is 0 Å². The zero-order valence-corrected chi connectivity index (χ0v) is 10.2. The summed E-state index contributed by atoms with van der Waals surface area (Å²) in [6.45, 7) is 7.05. The second kappa shape index (κ2) is 5.72. The molecule has 0 saturated heterocycles. The maximum atomic E-state index is 3.71. The van der Waals surface area contributed by atoms with E-state index in [1.807, 2.05) is 0 Å². The minimum Gasteiger partial charge on any atom is -0.313 e. The van der Waals surface area contributed by atoms with Gasteiger partial charge < -0.3 is 10.2 Å². The summed E-state index contributed by atoms with van der Waals surface area (Å²) in [7, 11) is 4.28. The molecule has 14 heavy (non-hydrogen) atoms. The number of nitrogens with zero attached hydrogens (tertiary/aromatic N) is 1. The lowest BCUT2D eigenvalue weighted by molar-refractivity contribution is 0.339. The Balaban J connectivity index is 2.08. The number of nitrogens with one attached hydrogen (secondary N) is 1. The normalized spacial score (nSPS) is 19.3. The summed E-state index contributed by atoms with van der Waals surface area (Å²) in [4.78, 5) is 2.25. The molecule has 1 N–H and O–H groups in total. The summed E-state index contributed by atoms with van der Waals surface area (Å²) in [5.41, 5.74) is 0. The van der Waals surface area contributed by atoms with E-state index in [1.54, 1.807) is 0 Å². The average molecular weight is 198 g/mol. The first-order valence-corrected chi connectivity index (χ1v) is 5.99. The molecule has 1 unspecified atom stereocenters. The number of rotatable bonds is 7. The van der Waals surface area contributed by atoms with Crippen LogP contribution in [0.3, 0.4) is 0 Å². The lowest BCUT2D eigenvalue weighted by Gasteiger charge is -2.22. The second-order valence-corrected chi connectivity index (χ2v) is 5.22. The zero-order valence-electron chi connectivity index (χ0n) is 10.2. The van der Waals surface area contributed by atoms with E-state index in [0.717, 1.165) is 17.9 Å². The largest absolute Gasteiger partial charge is 0.313 e. The van der Waals surface area contributed by atoms with Gasteiger partial charge in [0.15, 0.2) is 0 Å². The molecule has 1 rings (SSSR count). The van der Waals surface area contributed by atoms with Gasteiger partial charge in [0.2, 0.25) is 0 Å². The van der Waals surface area contributed by atoms with Crippen LogP contribution < -0.4 is 5.32 Å². The first kappa shape index (κ1) is 12.0. The third-order valence-electron chi connectivity index (χ3n) is 3.01. The smallest absolute Gasteiger partial charge is 0.0118 e. The quantitative estimate of drug-likeness (QED) is 0.629. The van der Waals surface area contributed by atoms with E-state index in [1.165, 1.54) is 32.4 Å². The van der Waals surface area contributed by atoms with Crippen LogP contribution in [0.2, 0.25) is 0 Å². The van der Waals surface area contributed by atoms with Gasteiger partial charge in [-0.3, -0.25) is 0 Å². The molecule has 1 saturated carbocycles. The predicted octanol–water partition coefficient (Wildman–Crippen LogP) is 1.96. The summed E-state index contributed by atoms with van der Waals surface area (Å²) in [5.74, 6) is 1.77. The molecule has 0 aromatic rings. The van der Waals surface area contributed by atoms with Crippen LogP contribution >= 0.6 is 0 Å². The molecule has 0 aromatic heterocycles. The van der Waals surface area contributed by atoms with Crippen molar-refractivity contribution < 1.29 is 0 Å². The Morgan fingerprint density at radius 2 is 1.93 bits per heavy atom. The molecular weight excluding hydrogens is 172 g/mol. The summed E-state index contributed by atoms with van der Waals surface area (Å²) >= 11 is 0. The van der Waals surface area contributed by atoms with Crippen molar-refractivity contribution in [3.63, 3.8) is 0 Å². The van der Waals surface area contributed by atoms with E-state index in [4.69, 9.17) is 0 Å². The fourth-order valence-electron chi connectivity index (χ4n) is 2.07. The van der Waals surface area contributed by atoms with Crippen LogP contribution in [0.4, 0.5) is 0 Å². The zero-order chi connectivity index (χ0) is 10.6. The van der Waals surface area contributed by atoms with Gasteiger partial charge in [-0.2, -0.15) is 0 Å². The summed E-state index contributed by atoms with van der Waals surface area (Å²) < 4.78 is 0. The van der Waals surface area contributed by atoms with E-state index in [-0.39, 0.29) is 0 Å². The van der Waals surface area contributed by atoms with Crippen molar-refractivity contribution in [2.75, 3.05) is 27.2 Å². The van der Waals surface area contributed by atoms with Crippen molar-refractivity contribution in [2.24, 2.45) is 11.8 Å². The highest BCUT2D eigenvalue weighted by Gasteiger charge is 2.32. The van der Waals surface area contributed by atoms with Crippen LogP contribution in [0.25, 0.3) is 0 Å².